The van der Waals surface area contributed by atoms with E-state index in [-0.39, 0.29) is 12.2 Å². The van der Waals surface area contributed by atoms with Gasteiger partial charge < -0.3 is 18.4 Å². The zero-order valence-electron chi connectivity index (χ0n) is 38.4. The van der Waals surface area contributed by atoms with Gasteiger partial charge in [0.15, 0.2) is 25.0 Å². The van der Waals surface area contributed by atoms with Gasteiger partial charge in [-0.25, -0.2) is 0 Å². The Morgan fingerprint density at radius 3 is 1.07 bits per heavy atom. The Balaban J connectivity index is 5.89. The van der Waals surface area contributed by atoms with E-state index in [0.717, 1.165) is 32.1 Å². The molecule has 54 heavy (non-hydrogen) atoms. The van der Waals surface area contributed by atoms with Crippen LogP contribution in [0.2, 0.25) is 54.4 Å². The molecule has 0 rings (SSSR count). The Hall–Kier alpha value is 0.000649. The lowest BCUT2D eigenvalue weighted by atomic mass is 9.98. The van der Waals surface area contributed by atoms with E-state index in [4.69, 9.17) is 18.4 Å². The number of aliphatic carboxylic acids is 1. The van der Waals surface area contributed by atoms with Gasteiger partial charge in [-0.3, -0.25) is 4.79 Å². The van der Waals surface area contributed by atoms with Crippen LogP contribution >= 0.6 is 0 Å². The van der Waals surface area contributed by atoms with Gasteiger partial charge in [-0.05, 0) is 86.5 Å². The van der Waals surface area contributed by atoms with E-state index in [1.165, 1.54) is 164 Å². The van der Waals surface area contributed by atoms with Crippen LogP contribution in [0.5, 0.6) is 0 Å². The molecule has 0 aliphatic rings. The Bertz CT molecular complexity index is 821. The van der Waals surface area contributed by atoms with Crippen molar-refractivity contribution in [3.05, 3.63) is 0 Å². The first-order valence-electron chi connectivity index (χ1n) is 24.3. The Morgan fingerprint density at radius 1 is 0.389 bits per heavy atom. The topological polar surface area (TPSA) is 65.0 Å². The average Bonchev–Trinajstić information content (AvgIpc) is 3.19. The van der Waals surface area contributed by atoms with Gasteiger partial charge in [0.25, 0.3) is 0 Å². The van der Waals surface area contributed by atoms with Gasteiger partial charge >= 0.3 is 5.97 Å². The molecule has 0 heterocycles. The van der Waals surface area contributed by atoms with Crippen molar-refractivity contribution in [2.45, 2.75) is 290 Å². The smallest absolute Gasteiger partial charge is 0.303 e. The van der Waals surface area contributed by atoms with Gasteiger partial charge in [0.1, 0.15) is 0 Å². The van der Waals surface area contributed by atoms with Gasteiger partial charge in [0.05, 0.1) is 12.2 Å². The predicted molar refractivity (Wildman–Crippen MR) is 246 cm³/mol. The molecular formula is C46H98O5Si3. The van der Waals surface area contributed by atoms with Crippen molar-refractivity contribution in [1.29, 1.82) is 0 Å². The van der Waals surface area contributed by atoms with E-state index in [0.29, 0.717) is 12.5 Å². The molecule has 5 nitrogen and oxygen atoms in total. The van der Waals surface area contributed by atoms with Crippen LogP contribution in [0.25, 0.3) is 0 Å². The van der Waals surface area contributed by atoms with Gasteiger partial charge in [-0.1, -0.05) is 178 Å². The average molecular weight is 816 g/mol. The molecule has 0 fully saturated rings. The molecule has 0 aromatic heterocycles. The van der Waals surface area contributed by atoms with Crippen LogP contribution < -0.4 is 0 Å². The normalized spacial score (nSPS) is 14.4. The molecule has 3 atom stereocenters. The van der Waals surface area contributed by atoms with Crippen molar-refractivity contribution >= 4 is 30.9 Å². The van der Waals surface area contributed by atoms with Crippen molar-refractivity contribution in [1.82, 2.24) is 0 Å². The second-order valence-corrected chi connectivity index (χ2v) is 31.3. The van der Waals surface area contributed by atoms with E-state index in [9.17, 15) is 4.79 Å². The summed E-state index contributed by atoms with van der Waals surface area (Å²) in [5, 5.41) is 8.85. The first-order valence-corrected chi connectivity index (χ1v) is 31.9. The zero-order valence-corrected chi connectivity index (χ0v) is 41.4. The second-order valence-electron chi connectivity index (χ2n) is 17.1. The van der Waals surface area contributed by atoms with Gasteiger partial charge in [-0.15, -0.1) is 0 Å². The fourth-order valence-corrected chi connectivity index (χ4v) is 17.6. The molecule has 324 valence electrons. The van der Waals surface area contributed by atoms with Crippen molar-refractivity contribution in [2.24, 2.45) is 0 Å². The van der Waals surface area contributed by atoms with Crippen molar-refractivity contribution in [3.63, 3.8) is 0 Å². The highest BCUT2D eigenvalue weighted by Gasteiger charge is 2.40. The first kappa shape index (κ1) is 54.0. The molecule has 0 radical (unpaired) electrons. The Labute approximate surface area is 342 Å². The highest BCUT2D eigenvalue weighted by Crippen LogP contribution is 2.34. The minimum absolute atomic E-state index is 0.189. The Morgan fingerprint density at radius 2 is 0.704 bits per heavy atom. The lowest BCUT2D eigenvalue weighted by Gasteiger charge is -2.42. The molecule has 0 aromatic rings. The molecule has 1 N–H and O–H groups in total. The standard InChI is InChI=1S/C46H98O5Si3/c1-11-21-22-23-24-30-33-36-39-44(50-53(15-5,16-6)17-7)45(51-54(18-8,19-9)20-10)42-41-43(49-52(12-2,13-3)14-4)38-35-32-29-27-25-26-28-31-34-37-40-46(47)48/h43-45H,11-42H2,1-10H3,(H,47,48)/t43-,44-,45-/m0/s1. The number of carboxylic acid groups (broad SMARTS) is 1. The monoisotopic (exact) mass is 815 g/mol. The molecule has 0 aromatic carbocycles. The molecule has 0 unspecified atom stereocenters. The number of carbonyl (C=O) groups is 1. The second kappa shape index (κ2) is 33.9. The largest absolute Gasteiger partial charge is 0.481 e. The maximum Gasteiger partial charge on any atom is 0.303 e. The number of unbranched alkanes of at least 4 members (excludes halogenated alkanes) is 16. The highest BCUT2D eigenvalue weighted by atomic mass is 28.4. The summed E-state index contributed by atoms with van der Waals surface area (Å²) < 4.78 is 22.5. The fraction of sp³-hybridized carbons (Fsp3) is 0.978. The van der Waals surface area contributed by atoms with E-state index in [1.54, 1.807) is 0 Å². The molecule has 0 amide bonds. The van der Waals surface area contributed by atoms with Crippen LogP contribution in [0, 0.1) is 0 Å². The van der Waals surface area contributed by atoms with Crippen molar-refractivity contribution in [2.75, 3.05) is 0 Å². The van der Waals surface area contributed by atoms with Crippen LogP contribution in [-0.2, 0) is 18.1 Å². The molecular weight excluding hydrogens is 717 g/mol. The predicted octanol–water partition coefficient (Wildman–Crippen LogP) is 16.2. The maximum absolute atomic E-state index is 10.7. The molecule has 0 saturated carbocycles. The highest BCUT2D eigenvalue weighted by molar-refractivity contribution is 6.74. The molecule has 0 bridgehead atoms. The summed E-state index contributed by atoms with van der Waals surface area (Å²) in [7, 11) is -5.40. The van der Waals surface area contributed by atoms with Crippen LogP contribution in [0.1, 0.15) is 217 Å². The maximum atomic E-state index is 10.7. The minimum Gasteiger partial charge on any atom is -0.481 e. The van der Waals surface area contributed by atoms with Crippen molar-refractivity contribution < 1.29 is 23.2 Å². The number of carboxylic acids is 1. The molecule has 0 aliphatic heterocycles. The number of hydrogen-bond acceptors (Lipinski definition) is 4. The van der Waals surface area contributed by atoms with E-state index >= 15 is 0 Å². The summed E-state index contributed by atoms with van der Waals surface area (Å²) in [5.74, 6) is -0.660. The minimum atomic E-state index is -1.84. The molecule has 0 spiro atoms. The summed E-state index contributed by atoms with van der Waals surface area (Å²) in [6, 6.07) is 10.8. The number of rotatable bonds is 41. The van der Waals surface area contributed by atoms with Gasteiger partial charge in [0, 0.05) is 12.5 Å². The third kappa shape index (κ3) is 23.4. The van der Waals surface area contributed by atoms with Gasteiger partial charge in [-0.2, -0.15) is 0 Å². The third-order valence-corrected chi connectivity index (χ3v) is 27.8. The zero-order chi connectivity index (χ0) is 40.6. The van der Waals surface area contributed by atoms with Crippen LogP contribution in [0.15, 0.2) is 0 Å². The van der Waals surface area contributed by atoms with Crippen LogP contribution in [0.4, 0.5) is 0 Å². The third-order valence-electron chi connectivity index (χ3n) is 13.7. The summed E-state index contributed by atoms with van der Waals surface area (Å²) in [5.41, 5.74) is 0. The quantitative estimate of drug-likeness (QED) is 0.0492. The van der Waals surface area contributed by atoms with Crippen molar-refractivity contribution in [3.8, 4) is 0 Å². The lowest BCUT2D eigenvalue weighted by Crippen LogP contribution is -2.50. The summed E-state index contributed by atoms with van der Waals surface area (Å²) in [4.78, 5) is 10.7. The molecule has 8 heteroatoms. The first-order chi connectivity index (χ1) is 26.1. The Kier molecular flexibility index (Phi) is 33.9. The summed E-state index contributed by atoms with van der Waals surface area (Å²) >= 11 is 0. The van der Waals surface area contributed by atoms with Crippen LogP contribution in [-0.4, -0.2) is 54.3 Å². The van der Waals surface area contributed by atoms with E-state index in [2.05, 4.69) is 69.2 Å². The summed E-state index contributed by atoms with van der Waals surface area (Å²) in [6.07, 6.45) is 28.5. The lowest BCUT2D eigenvalue weighted by molar-refractivity contribution is -0.137. The van der Waals surface area contributed by atoms with Gasteiger partial charge in [0.2, 0.25) is 0 Å². The SMILES string of the molecule is CCCCCCCCCC[C@H](O[Si](CC)(CC)CC)[C@H](CC[C@H](CCCCCCCCCCCCC(=O)O)O[Si](CC)(CC)CC)O[Si](CC)(CC)CC. The number of hydrogen-bond donors (Lipinski definition) is 1. The fourth-order valence-electron chi connectivity index (χ4n) is 8.79. The van der Waals surface area contributed by atoms with E-state index < -0.39 is 30.9 Å². The molecule has 0 aliphatic carbocycles. The van der Waals surface area contributed by atoms with E-state index in [1.807, 2.05) is 0 Å². The van der Waals surface area contributed by atoms with Crippen LogP contribution in [0.3, 0.4) is 0 Å². The summed E-state index contributed by atoms with van der Waals surface area (Å²) in [6.45, 7) is 23.8. The molecule has 0 saturated heterocycles.